The summed E-state index contributed by atoms with van der Waals surface area (Å²) in [5.41, 5.74) is 2.02. The highest BCUT2D eigenvalue weighted by Crippen LogP contribution is 2.28. The molecule has 5 nitrogen and oxygen atoms in total. The summed E-state index contributed by atoms with van der Waals surface area (Å²) in [6.07, 6.45) is 3.84. The number of benzene rings is 1. The van der Waals surface area contributed by atoms with Crippen molar-refractivity contribution in [3.63, 3.8) is 0 Å². The lowest BCUT2D eigenvalue weighted by atomic mass is 9.89. The van der Waals surface area contributed by atoms with Crippen LogP contribution in [0, 0.1) is 0 Å². The molecule has 25 heavy (non-hydrogen) atoms. The van der Waals surface area contributed by atoms with E-state index in [4.69, 9.17) is 0 Å². The molecule has 0 spiro atoms. The van der Waals surface area contributed by atoms with Gasteiger partial charge in [-0.1, -0.05) is 12.1 Å². The highest BCUT2D eigenvalue weighted by molar-refractivity contribution is 5.93. The SMILES string of the molecule is CC(C)n1cccc1C(=O)N1CCC[C@H](c2cccc(C(=O)O)c2)C1. The van der Waals surface area contributed by atoms with E-state index in [1.165, 1.54) is 0 Å². The average molecular weight is 340 g/mol. The van der Waals surface area contributed by atoms with E-state index in [1.54, 1.807) is 18.2 Å². The van der Waals surface area contributed by atoms with E-state index in [9.17, 15) is 14.7 Å². The molecular weight excluding hydrogens is 316 g/mol. The Morgan fingerprint density at radius 3 is 2.72 bits per heavy atom. The lowest BCUT2D eigenvalue weighted by Crippen LogP contribution is -2.40. The van der Waals surface area contributed by atoms with Gasteiger partial charge in [-0.3, -0.25) is 4.79 Å². The fraction of sp³-hybridized carbons (Fsp3) is 0.400. The third kappa shape index (κ3) is 3.60. The first kappa shape index (κ1) is 17.3. The number of rotatable bonds is 4. The summed E-state index contributed by atoms with van der Waals surface area (Å²) in [6.45, 7) is 5.50. The third-order valence-corrected chi connectivity index (χ3v) is 4.87. The summed E-state index contributed by atoms with van der Waals surface area (Å²) in [4.78, 5) is 26.0. The molecule has 1 aromatic carbocycles. The number of carboxylic acids is 1. The number of aromatic carboxylic acids is 1. The van der Waals surface area contributed by atoms with Gasteiger partial charge in [-0.2, -0.15) is 0 Å². The zero-order chi connectivity index (χ0) is 18.0. The van der Waals surface area contributed by atoms with Gasteiger partial charge in [-0.25, -0.2) is 4.79 Å². The van der Waals surface area contributed by atoms with Gasteiger partial charge >= 0.3 is 5.97 Å². The fourth-order valence-electron chi connectivity index (χ4n) is 3.55. The summed E-state index contributed by atoms with van der Waals surface area (Å²) in [7, 11) is 0. The second-order valence-corrected chi connectivity index (χ2v) is 6.92. The summed E-state index contributed by atoms with van der Waals surface area (Å²) in [6, 6.07) is 11.1. The van der Waals surface area contributed by atoms with Crippen LogP contribution in [0.1, 0.15) is 65.1 Å². The maximum absolute atomic E-state index is 12.9. The van der Waals surface area contributed by atoms with Crippen molar-refractivity contribution in [1.82, 2.24) is 9.47 Å². The lowest BCUT2D eigenvalue weighted by molar-refractivity contribution is 0.0682. The Kier molecular flexibility index (Phi) is 4.93. The predicted molar refractivity (Wildman–Crippen MR) is 96.1 cm³/mol. The Hall–Kier alpha value is -2.56. The second-order valence-electron chi connectivity index (χ2n) is 6.92. The van der Waals surface area contributed by atoms with Gasteiger partial charge in [0.25, 0.3) is 5.91 Å². The van der Waals surface area contributed by atoms with Gasteiger partial charge in [-0.05, 0) is 56.5 Å². The van der Waals surface area contributed by atoms with Crippen LogP contribution in [0.4, 0.5) is 0 Å². The van der Waals surface area contributed by atoms with E-state index in [1.807, 2.05) is 33.9 Å². The first-order chi connectivity index (χ1) is 12.0. The van der Waals surface area contributed by atoms with Crippen molar-refractivity contribution in [2.45, 2.75) is 38.6 Å². The molecule has 0 saturated carbocycles. The van der Waals surface area contributed by atoms with Crippen LogP contribution in [-0.2, 0) is 0 Å². The van der Waals surface area contributed by atoms with Gasteiger partial charge in [0.1, 0.15) is 5.69 Å². The van der Waals surface area contributed by atoms with Crippen LogP contribution in [0.2, 0.25) is 0 Å². The maximum atomic E-state index is 12.9. The first-order valence-electron chi connectivity index (χ1n) is 8.76. The number of carbonyl (C=O) groups is 2. The summed E-state index contributed by atoms with van der Waals surface area (Å²) >= 11 is 0. The van der Waals surface area contributed by atoms with E-state index >= 15 is 0 Å². The van der Waals surface area contributed by atoms with E-state index in [0.717, 1.165) is 30.6 Å². The number of likely N-dealkylation sites (tertiary alicyclic amines) is 1. The van der Waals surface area contributed by atoms with Gasteiger partial charge in [0.15, 0.2) is 0 Å². The smallest absolute Gasteiger partial charge is 0.335 e. The van der Waals surface area contributed by atoms with Crippen LogP contribution in [0.15, 0.2) is 42.6 Å². The second kappa shape index (κ2) is 7.13. The number of carbonyl (C=O) groups excluding carboxylic acids is 1. The number of hydrogen-bond acceptors (Lipinski definition) is 2. The molecule has 1 aliphatic rings. The molecule has 0 radical (unpaired) electrons. The summed E-state index contributed by atoms with van der Waals surface area (Å²) < 4.78 is 2.00. The van der Waals surface area contributed by atoms with Gasteiger partial charge in [-0.15, -0.1) is 0 Å². The number of carboxylic acid groups (broad SMARTS) is 1. The molecule has 1 fully saturated rings. The molecular formula is C20H24N2O3. The molecule has 0 aliphatic carbocycles. The van der Waals surface area contributed by atoms with Crippen LogP contribution in [0.5, 0.6) is 0 Å². The van der Waals surface area contributed by atoms with Crippen LogP contribution in [0.25, 0.3) is 0 Å². The van der Waals surface area contributed by atoms with Gasteiger partial charge in [0, 0.05) is 31.2 Å². The number of aromatic nitrogens is 1. The Morgan fingerprint density at radius 1 is 1.20 bits per heavy atom. The lowest BCUT2D eigenvalue weighted by Gasteiger charge is -2.33. The van der Waals surface area contributed by atoms with E-state index < -0.39 is 5.97 Å². The van der Waals surface area contributed by atoms with Crippen LogP contribution in [0.3, 0.4) is 0 Å². The van der Waals surface area contributed by atoms with Gasteiger partial charge < -0.3 is 14.6 Å². The normalized spacial score (nSPS) is 17.7. The summed E-state index contributed by atoms with van der Waals surface area (Å²) in [5.74, 6) is -0.683. The van der Waals surface area contributed by atoms with Crippen LogP contribution in [-0.4, -0.2) is 39.5 Å². The molecule has 1 saturated heterocycles. The van der Waals surface area contributed by atoms with E-state index in [-0.39, 0.29) is 17.9 Å². The molecule has 1 aliphatic heterocycles. The van der Waals surface area contributed by atoms with Crippen molar-refractivity contribution >= 4 is 11.9 Å². The van der Waals surface area contributed by atoms with Crippen molar-refractivity contribution in [3.05, 3.63) is 59.4 Å². The van der Waals surface area contributed by atoms with Crippen LogP contribution < -0.4 is 0 Å². The highest BCUT2D eigenvalue weighted by Gasteiger charge is 2.27. The van der Waals surface area contributed by atoms with Gasteiger partial charge in [0.05, 0.1) is 5.56 Å². The standard InChI is InChI=1S/C20H24N2O3/c1-14(2)22-11-5-9-18(22)19(23)21-10-4-8-17(13-21)15-6-3-7-16(12-15)20(24)25/h3,5-7,9,11-12,14,17H,4,8,10,13H2,1-2H3,(H,24,25)/t17-/m0/s1. The topological polar surface area (TPSA) is 62.5 Å². The molecule has 1 amide bonds. The van der Waals surface area contributed by atoms with Crippen molar-refractivity contribution in [2.24, 2.45) is 0 Å². The zero-order valence-electron chi connectivity index (χ0n) is 14.7. The molecule has 2 aromatic rings. The maximum Gasteiger partial charge on any atom is 0.335 e. The largest absolute Gasteiger partial charge is 0.478 e. The predicted octanol–water partition coefficient (Wildman–Crippen LogP) is 3.79. The van der Waals surface area contributed by atoms with Crippen molar-refractivity contribution in [1.29, 1.82) is 0 Å². The number of amides is 1. The minimum absolute atomic E-state index is 0.0535. The molecule has 2 heterocycles. The van der Waals surface area contributed by atoms with Gasteiger partial charge in [0.2, 0.25) is 0 Å². The Labute approximate surface area is 147 Å². The summed E-state index contributed by atoms with van der Waals surface area (Å²) in [5, 5.41) is 9.19. The van der Waals surface area contributed by atoms with E-state index in [0.29, 0.717) is 12.1 Å². The minimum atomic E-state index is -0.916. The monoisotopic (exact) mass is 340 g/mol. The molecule has 0 bridgehead atoms. The molecule has 1 N–H and O–H groups in total. The molecule has 1 atom stereocenters. The molecule has 132 valence electrons. The third-order valence-electron chi connectivity index (χ3n) is 4.87. The van der Waals surface area contributed by atoms with Crippen molar-refractivity contribution in [2.75, 3.05) is 13.1 Å². The molecule has 0 unspecified atom stereocenters. The Morgan fingerprint density at radius 2 is 2.00 bits per heavy atom. The molecule has 3 rings (SSSR count). The Bertz CT molecular complexity index is 779. The minimum Gasteiger partial charge on any atom is -0.478 e. The van der Waals surface area contributed by atoms with Crippen LogP contribution >= 0.6 is 0 Å². The highest BCUT2D eigenvalue weighted by atomic mass is 16.4. The first-order valence-corrected chi connectivity index (χ1v) is 8.76. The quantitative estimate of drug-likeness (QED) is 0.921. The van der Waals surface area contributed by atoms with Crippen molar-refractivity contribution in [3.8, 4) is 0 Å². The fourth-order valence-corrected chi connectivity index (χ4v) is 3.55. The average Bonchev–Trinajstić information content (AvgIpc) is 3.11. The van der Waals surface area contributed by atoms with Crippen molar-refractivity contribution < 1.29 is 14.7 Å². The molecule has 1 aromatic heterocycles. The number of hydrogen-bond donors (Lipinski definition) is 1. The number of piperidine rings is 1. The Balaban J connectivity index is 1.79. The number of nitrogens with zero attached hydrogens (tertiary/aromatic N) is 2. The zero-order valence-corrected chi connectivity index (χ0v) is 14.7. The molecule has 5 heteroatoms. The van der Waals surface area contributed by atoms with E-state index in [2.05, 4.69) is 13.8 Å².